The fourth-order valence-electron chi connectivity index (χ4n) is 3.00. The molecule has 0 radical (unpaired) electrons. The Balaban J connectivity index is 2.26. The number of rotatable bonds is 3. The van der Waals surface area contributed by atoms with Gasteiger partial charge in [-0.1, -0.05) is 6.08 Å². The van der Waals surface area contributed by atoms with E-state index in [1.165, 1.54) is 7.11 Å². The molecule has 1 saturated carbocycles. The molecule has 2 aliphatic rings. The number of methoxy groups -OCH3 is 1. The first-order valence-corrected chi connectivity index (χ1v) is 5.51. The van der Waals surface area contributed by atoms with Gasteiger partial charge in [0.1, 0.15) is 0 Å². The molecule has 0 amide bonds. The molecule has 1 saturated heterocycles. The van der Waals surface area contributed by atoms with Crippen molar-refractivity contribution in [1.29, 1.82) is 0 Å². The molecule has 2 rings (SSSR count). The Labute approximate surface area is 94.6 Å². The maximum Gasteiger partial charge on any atom is 0.323 e. The van der Waals surface area contributed by atoms with E-state index in [2.05, 4.69) is 6.58 Å². The average Bonchev–Trinajstić information content (AvgIpc) is 2.77. The van der Waals surface area contributed by atoms with Gasteiger partial charge < -0.3 is 9.47 Å². The van der Waals surface area contributed by atoms with Crippen molar-refractivity contribution in [3.63, 3.8) is 0 Å². The average molecular weight is 224 g/mol. The lowest BCUT2D eigenvalue weighted by molar-refractivity contribution is -0.163. The molecule has 0 N–H and O–H groups in total. The third-order valence-corrected chi connectivity index (χ3v) is 3.75. The van der Waals surface area contributed by atoms with Crippen molar-refractivity contribution in [2.24, 2.45) is 17.3 Å². The van der Waals surface area contributed by atoms with E-state index in [9.17, 15) is 9.59 Å². The van der Waals surface area contributed by atoms with E-state index >= 15 is 0 Å². The van der Waals surface area contributed by atoms with Crippen molar-refractivity contribution in [2.45, 2.75) is 19.3 Å². The molecule has 4 heteroatoms. The third kappa shape index (κ3) is 1.36. The first kappa shape index (κ1) is 11.2. The second-order valence-electron chi connectivity index (χ2n) is 4.59. The molecule has 4 nitrogen and oxygen atoms in total. The van der Waals surface area contributed by atoms with Gasteiger partial charge in [-0.3, -0.25) is 9.59 Å². The largest absolute Gasteiger partial charge is 0.468 e. The highest BCUT2D eigenvalue weighted by Gasteiger charge is 2.63. The van der Waals surface area contributed by atoms with Gasteiger partial charge >= 0.3 is 11.9 Å². The lowest BCUT2D eigenvalue weighted by atomic mass is 9.80. The second-order valence-corrected chi connectivity index (χ2v) is 4.59. The van der Waals surface area contributed by atoms with Crippen LogP contribution in [0.5, 0.6) is 0 Å². The van der Waals surface area contributed by atoms with Crippen LogP contribution >= 0.6 is 0 Å². The topological polar surface area (TPSA) is 52.6 Å². The van der Waals surface area contributed by atoms with Crippen molar-refractivity contribution in [3.05, 3.63) is 12.7 Å². The third-order valence-electron chi connectivity index (χ3n) is 3.75. The van der Waals surface area contributed by atoms with Crippen LogP contribution < -0.4 is 0 Å². The van der Waals surface area contributed by atoms with Crippen LogP contribution in [-0.2, 0) is 19.1 Å². The molecule has 88 valence electrons. The number of carbonyl (C=O) groups is 2. The van der Waals surface area contributed by atoms with Crippen LogP contribution in [0.3, 0.4) is 0 Å². The van der Waals surface area contributed by atoms with Gasteiger partial charge in [0.05, 0.1) is 13.7 Å². The van der Waals surface area contributed by atoms with Gasteiger partial charge in [-0.15, -0.1) is 6.58 Å². The fourth-order valence-corrected chi connectivity index (χ4v) is 3.00. The summed E-state index contributed by atoms with van der Waals surface area (Å²) in [7, 11) is 1.32. The molecule has 0 spiro atoms. The van der Waals surface area contributed by atoms with Gasteiger partial charge in [-0.05, 0) is 25.2 Å². The smallest absolute Gasteiger partial charge is 0.323 e. The summed E-state index contributed by atoms with van der Waals surface area (Å²) in [6.45, 7) is 4.04. The minimum atomic E-state index is -1.03. The van der Waals surface area contributed by atoms with E-state index in [4.69, 9.17) is 9.47 Å². The molecule has 2 fully saturated rings. The van der Waals surface area contributed by atoms with Gasteiger partial charge in [0.2, 0.25) is 0 Å². The predicted molar refractivity (Wildman–Crippen MR) is 56.4 cm³/mol. The highest BCUT2D eigenvalue weighted by atomic mass is 16.6. The first-order valence-electron chi connectivity index (χ1n) is 5.51. The predicted octanol–water partition coefficient (Wildman–Crippen LogP) is 1.30. The molecule has 0 bridgehead atoms. The number of hydrogen-bond acceptors (Lipinski definition) is 4. The molecule has 1 aliphatic heterocycles. The molecule has 0 unspecified atom stereocenters. The fraction of sp³-hybridized carbons (Fsp3) is 0.667. The SMILES string of the molecule is C=CC[C@H]1C[C@H]2COC(=O)[C@@]2(C(=O)OC)C1. The van der Waals surface area contributed by atoms with Gasteiger partial charge in [0, 0.05) is 5.92 Å². The second kappa shape index (κ2) is 3.92. The lowest BCUT2D eigenvalue weighted by Gasteiger charge is -2.20. The molecule has 0 aromatic heterocycles. The summed E-state index contributed by atoms with van der Waals surface area (Å²) in [6.07, 6.45) is 4.05. The number of hydrogen-bond donors (Lipinski definition) is 0. The molecule has 16 heavy (non-hydrogen) atoms. The summed E-state index contributed by atoms with van der Waals surface area (Å²) in [5.41, 5.74) is -1.03. The van der Waals surface area contributed by atoms with Crippen molar-refractivity contribution in [3.8, 4) is 0 Å². The summed E-state index contributed by atoms with van der Waals surface area (Å²) >= 11 is 0. The maximum atomic E-state index is 11.8. The van der Waals surface area contributed by atoms with Crippen LogP contribution in [-0.4, -0.2) is 25.7 Å². The monoisotopic (exact) mass is 224 g/mol. The van der Waals surface area contributed by atoms with E-state index in [0.29, 0.717) is 18.9 Å². The van der Waals surface area contributed by atoms with Crippen LogP contribution in [0.15, 0.2) is 12.7 Å². The Morgan fingerprint density at radius 3 is 3.12 bits per heavy atom. The number of allylic oxidation sites excluding steroid dienone is 1. The minimum Gasteiger partial charge on any atom is -0.468 e. The first-order chi connectivity index (χ1) is 7.65. The van der Waals surface area contributed by atoms with Crippen molar-refractivity contribution in [1.82, 2.24) is 0 Å². The van der Waals surface area contributed by atoms with Gasteiger partial charge in [-0.2, -0.15) is 0 Å². The Kier molecular flexibility index (Phi) is 2.74. The summed E-state index contributed by atoms with van der Waals surface area (Å²) in [5, 5.41) is 0. The van der Waals surface area contributed by atoms with E-state index in [1.54, 1.807) is 0 Å². The highest BCUT2D eigenvalue weighted by Crippen LogP contribution is 2.52. The molecule has 1 heterocycles. The summed E-state index contributed by atoms with van der Waals surface area (Å²) in [6, 6.07) is 0. The van der Waals surface area contributed by atoms with Crippen LogP contribution in [0.4, 0.5) is 0 Å². The van der Waals surface area contributed by atoms with Crippen molar-refractivity contribution in [2.75, 3.05) is 13.7 Å². The van der Waals surface area contributed by atoms with Crippen LogP contribution in [0, 0.1) is 17.3 Å². The molecular formula is C12H16O4. The van der Waals surface area contributed by atoms with Crippen LogP contribution in [0.1, 0.15) is 19.3 Å². The number of carbonyl (C=O) groups excluding carboxylic acids is 2. The van der Waals surface area contributed by atoms with E-state index < -0.39 is 17.4 Å². The molecule has 3 atom stereocenters. The molecule has 0 aromatic carbocycles. The minimum absolute atomic E-state index is 0.0163. The van der Waals surface area contributed by atoms with Crippen LogP contribution in [0.2, 0.25) is 0 Å². The van der Waals surface area contributed by atoms with Crippen molar-refractivity contribution >= 4 is 11.9 Å². The summed E-state index contributed by atoms with van der Waals surface area (Å²) in [4.78, 5) is 23.6. The number of fused-ring (bicyclic) bond motifs is 1. The zero-order chi connectivity index (χ0) is 11.8. The molecule has 0 aromatic rings. The normalized spacial score (nSPS) is 36.7. The van der Waals surface area contributed by atoms with Crippen LogP contribution in [0.25, 0.3) is 0 Å². The number of ether oxygens (including phenoxy) is 2. The van der Waals surface area contributed by atoms with E-state index in [1.807, 2.05) is 6.08 Å². The zero-order valence-corrected chi connectivity index (χ0v) is 9.40. The zero-order valence-electron chi connectivity index (χ0n) is 9.40. The van der Waals surface area contributed by atoms with Gasteiger partial charge in [0.25, 0.3) is 0 Å². The Hall–Kier alpha value is -1.32. The number of cyclic esters (lactones) is 1. The quantitative estimate of drug-likeness (QED) is 0.412. The van der Waals surface area contributed by atoms with Gasteiger partial charge in [-0.25, -0.2) is 0 Å². The standard InChI is InChI=1S/C12H16O4/c1-3-4-8-5-9-7-16-11(14)12(9,6-8)10(13)15-2/h3,8-9H,1,4-7H2,2H3/t8-,9-,12-/m0/s1. The highest BCUT2D eigenvalue weighted by molar-refractivity contribution is 6.02. The number of esters is 2. The summed E-state index contributed by atoms with van der Waals surface area (Å²) < 4.78 is 9.78. The van der Waals surface area contributed by atoms with Crippen molar-refractivity contribution < 1.29 is 19.1 Å². The summed E-state index contributed by atoms with van der Waals surface area (Å²) in [5.74, 6) is -0.519. The Morgan fingerprint density at radius 2 is 2.50 bits per heavy atom. The maximum absolute atomic E-state index is 11.8. The Morgan fingerprint density at radius 1 is 1.75 bits per heavy atom. The van der Waals surface area contributed by atoms with E-state index in [0.717, 1.165) is 12.8 Å². The van der Waals surface area contributed by atoms with E-state index in [-0.39, 0.29) is 5.92 Å². The molecule has 1 aliphatic carbocycles. The molecular weight excluding hydrogens is 208 g/mol. The van der Waals surface area contributed by atoms with Gasteiger partial charge in [0.15, 0.2) is 5.41 Å². The lowest BCUT2D eigenvalue weighted by Crippen LogP contribution is -2.39. The Bertz CT molecular complexity index is 336.